The summed E-state index contributed by atoms with van der Waals surface area (Å²) >= 11 is 0. The van der Waals surface area contributed by atoms with Gasteiger partial charge in [0.15, 0.2) is 12.9 Å². The molecule has 3 atom stereocenters. The molecule has 0 bridgehead atoms. The molecule has 1 aromatic rings. The van der Waals surface area contributed by atoms with E-state index in [1.165, 1.54) is 13.5 Å². The van der Waals surface area contributed by atoms with Gasteiger partial charge in [0.05, 0.1) is 12.7 Å². The van der Waals surface area contributed by atoms with E-state index in [2.05, 4.69) is 19.2 Å². The Morgan fingerprint density at radius 3 is 2.83 bits per heavy atom. The van der Waals surface area contributed by atoms with Gasteiger partial charge in [-0.2, -0.15) is 0 Å². The lowest BCUT2D eigenvalue weighted by molar-refractivity contribution is -0.124. The van der Waals surface area contributed by atoms with Crippen molar-refractivity contribution in [1.29, 1.82) is 0 Å². The Morgan fingerprint density at radius 2 is 2.13 bits per heavy atom. The third kappa shape index (κ3) is 4.47. The predicted molar refractivity (Wildman–Crippen MR) is 88.0 cm³/mol. The van der Waals surface area contributed by atoms with Crippen molar-refractivity contribution in [3.63, 3.8) is 0 Å². The molecule has 1 aliphatic rings. The van der Waals surface area contributed by atoms with Crippen LogP contribution in [-0.2, 0) is 4.79 Å². The Balaban J connectivity index is 1.90. The van der Waals surface area contributed by atoms with Crippen molar-refractivity contribution in [1.82, 2.24) is 5.32 Å². The average molecular weight is 319 g/mol. The fourth-order valence-electron chi connectivity index (χ4n) is 3.05. The SMILES string of the molecule is COc1ccc(OCC(=O)NC2CCCC(C)C2C)c(C=O)c1. The highest BCUT2D eigenvalue weighted by Crippen LogP contribution is 2.29. The molecule has 1 N–H and O–H groups in total. The molecule has 0 spiro atoms. The van der Waals surface area contributed by atoms with Gasteiger partial charge in [0.1, 0.15) is 11.5 Å². The van der Waals surface area contributed by atoms with Gasteiger partial charge in [-0.05, 0) is 36.5 Å². The maximum absolute atomic E-state index is 12.1. The lowest BCUT2D eigenvalue weighted by Crippen LogP contribution is -2.45. The number of benzene rings is 1. The molecule has 1 aliphatic carbocycles. The van der Waals surface area contributed by atoms with Crippen molar-refractivity contribution in [2.75, 3.05) is 13.7 Å². The van der Waals surface area contributed by atoms with Crippen LogP contribution in [0.15, 0.2) is 18.2 Å². The Morgan fingerprint density at radius 1 is 1.35 bits per heavy atom. The predicted octanol–water partition coefficient (Wildman–Crippen LogP) is 2.83. The smallest absolute Gasteiger partial charge is 0.258 e. The van der Waals surface area contributed by atoms with Gasteiger partial charge in [0.25, 0.3) is 5.91 Å². The van der Waals surface area contributed by atoms with Gasteiger partial charge in [-0.3, -0.25) is 9.59 Å². The minimum absolute atomic E-state index is 0.0925. The first-order chi connectivity index (χ1) is 11.0. The van der Waals surface area contributed by atoms with Crippen molar-refractivity contribution in [2.45, 2.75) is 39.2 Å². The number of hydrogen-bond acceptors (Lipinski definition) is 4. The molecule has 1 fully saturated rings. The van der Waals surface area contributed by atoms with Gasteiger partial charge in [0.2, 0.25) is 0 Å². The average Bonchev–Trinajstić information content (AvgIpc) is 2.57. The molecule has 0 saturated heterocycles. The Hall–Kier alpha value is -2.04. The number of carbonyl (C=O) groups is 2. The summed E-state index contributed by atoms with van der Waals surface area (Å²) in [6.45, 7) is 4.32. The van der Waals surface area contributed by atoms with Crippen LogP contribution < -0.4 is 14.8 Å². The highest BCUT2D eigenvalue weighted by molar-refractivity contribution is 5.81. The standard InChI is InChI=1S/C18H25NO4/c1-12-5-4-6-16(13(12)2)19-18(21)11-23-17-8-7-15(22-3)9-14(17)10-20/h7-10,12-13,16H,4-6,11H2,1-3H3,(H,19,21). The lowest BCUT2D eigenvalue weighted by Gasteiger charge is -2.34. The second kappa shape index (κ2) is 7.99. The minimum Gasteiger partial charge on any atom is -0.497 e. The molecular formula is C18H25NO4. The number of methoxy groups -OCH3 is 1. The van der Waals surface area contributed by atoms with Crippen LogP contribution in [0.1, 0.15) is 43.5 Å². The second-order valence-corrected chi connectivity index (χ2v) is 6.25. The molecule has 5 nitrogen and oxygen atoms in total. The van der Waals surface area contributed by atoms with Crippen LogP contribution in [0.4, 0.5) is 0 Å². The zero-order valence-electron chi connectivity index (χ0n) is 14.0. The van der Waals surface area contributed by atoms with Gasteiger partial charge in [0, 0.05) is 6.04 Å². The van der Waals surface area contributed by atoms with Crippen LogP contribution >= 0.6 is 0 Å². The molecular weight excluding hydrogens is 294 g/mol. The summed E-state index contributed by atoms with van der Waals surface area (Å²) in [5.41, 5.74) is 0.372. The molecule has 23 heavy (non-hydrogen) atoms. The Labute approximate surface area is 137 Å². The zero-order chi connectivity index (χ0) is 16.8. The summed E-state index contributed by atoms with van der Waals surface area (Å²) in [7, 11) is 1.53. The van der Waals surface area contributed by atoms with Gasteiger partial charge < -0.3 is 14.8 Å². The number of rotatable bonds is 6. The monoisotopic (exact) mass is 319 g/mol. The Kier molecular flexibility index (Phi) is 6.02. The number of amides is 1. The van der Waals surface area contributed by atoms with E-state index in [1.807, 2.05) is 0 Å². The van der Waals surface area contributed by atoms with Crippen LogP contribution in [0.25, 0.3) is 0 Å². The maximum Gasteiger partial charge on any atom is 0.258 e. The van der Waals surface area contributed by atoms with Crippen LogP contribution in [-0.4, -0.2) is 32.0 Å². The van der Waals surface area contributed by atoms with Crippen LogP contribution in [0.5, 0.6) is 11.5 Å². The zero-order valence-corrected chi connectivity index (χ0v) is 14.0. The summed E-state index contributed by atoms with van der Waals surface area (Å²) in [5, 5.41) is 3.05. The molecule has 1 amide bonds. The first-order valence-electron chi connectivity index (χ1n) is 8.10. The third-order valence-electron chi connectivity index (χ3n) is 4.76. The number of carbonyl (C=O) groups excluding carboxylic acids is 2. The third-order valence-corrected chi connectivity index (χ3v) is 4.76. The highest BCUT2D eigenvalue weighted by Gasteiger charge is 2.28. The molecule has 0 aromatic heterocycles. The number of nitrogens with one attached hydrogen (secondary N) is 1. The van der Waals surface area contributed by atoms with Crippen molar-refractivity contribution >= 4 is 12.2 Å². The van der Waals surface area contributed by atoms with E-state index in [4.69, 9.17) is 9.47 Å². The lowest BCUT2D eigenvalue weighted by atomic mass is 9.78. The second-order valence-electron chi connectivity index (χ2n) is 6.25. The van der Waals surface area contributed by atoms with Crippen LogP contribution in [0, 0.1) is 11.8 Å². The van der Waals surface area contributed by atoms with Crippen LogP contribution in [0.2, 0.25) is 0 Å². The van der Waals surface area contributed by atoms with E-state index in [9.17, 15) is 9.59 Å². The minimum atomic E-state index is -0.149. The molecule has 3 unspecified atom stereocenters. The van der Waals surface area contributed by atoms with Gasteiger partial charge in [-0.25, -0.2) is 0 Å². The molecule has 2 rings (SSSR count). The normalized spacial score (nSPS) is 23.9. The van der Waals surface area contributed by atoms with E-state index in [0.29, 0.717) is 35.2 Å². The molecule has 126 valence electrons. The van der Waals surface area contributed by atoms with E-state index >= 15 is 0 Å². The quantitative estimate of drug-likeness (QED) is 0.819. The summed E-state index contributed by atoms with van der Waals surface area (Å²) in [4.78, 5) is 23.2. The van der Waals surface area contributed by atoms with E-state index < -0.39 is 0 Å². The topological polar surface area (TPSA) is 64.6 Å². The van der Waals surface area contributed by atoms with Crippen molar-refractivity contribution in [3.8, 4) is 11.5 Å². The molecule has 0 radical (unpaired) electrons. The Bertz CT molecular complexity index is 558. The van der Waals surface area contributed by atoms with E-state index in [0.717, 1.165) is 12.8 Å². The maximum atomic E-state index is 12.1. The van der Waals surface area contributed by atoms with Gasteiger partial charge >= 0.3 is 0 Å². The van der Waals surface area contributed by atoms with E-state index in [-0.39, 0.29) is 18.6 Å². The van der Waals surface area contributed by atoms with Gasteiger partial charge in [-0.1, -0.05) is 26.7 Å². The molecule has 1 aromatic carbocycles. The first kappa shape index (κ1) is 17.3. The first-order valence-corrected chi connectivity index (χ1v) is 8.10. The summed E-state index contributed by atoms with van der Waals surface area (Å²) in [6.07, 6.45) is 4.07. The largest absolute Gasteiger partial charge is 0.497 e. The highest BCUT2D eigenvalue weighted by atomic mass is 16.5. The van der Waals surface area contributed by atoms with Crippen LogP contribution in [0.3, 0.4) is 0 Å². The van der Waals surface area contributed by atoms with Crippen molar-refractivity contribution < 1.29 is 19.1 Å². The summed E-state index contributed by atoms with van der Waals surface area (Å²) < 4.78 is 10.6. The molecule has 0 heterocycles. The number of aldehydes is 1. The fourth-order valence-corrected chi connectivity index (χ4v) is 3.05. The molecule has 1 saturated carbocycles. The number of ether oxygens (including phenoxy) is 2. The van der Waals surface area contributed by atoms with E-state index in [1.54, 1.807) is 18.2 Å². The van der Waals surface area contributed by atoms with Gasteiger partial charge in [-0.15, -0.1) is 0 Å². The summed E-state index contributed by atoms with van der Waals surface area (Å²) in [5.74, 6) is 1.91. The van der Waals surface area contributed by atoms with Crippen molar-refractivity contribution in [2.24, 2.45) is 11.8 Å². The molecule has 0 aliphatic heterocycles. The summed E-state index contributed by atoms with van der Waals surface area (Å²) in [6, 6.07) is 5.13. The fraction of sp³-hybridized carbons (Fsp3) is 0.556. The number of hydrogen-bond donors (Lipinski definition) is 1. The molecule has 5 heteroatoms. The van der Waals surface area contributed by atoms with Crippen molar-refractivity contribution in [3.05, 3.63) is 23.8 Å².